The summed E-state index contributed by atoms with van der Waals surface area (Å²) in [6.07, 6.45) is 1.03. The van der Waals surface area contributed by atoms with Gasteiger partial charge < -0.3 is 15.5 Å². The van der Waals surface area contributed by atoms with Gasteiger partial charge in [-0.2, -0.15) is 0 Å². The minimum absolute atomic E-state index is 0.0435. The van der Waals surface area contributed by atoms with Crippen molar-refractivity contribution < 1.29 is 9.59 Å². The van der Waals surface area contributed by atoms with Gasteiger partial charge in [0.1, 0.15) is 0 Å². The first-order valence-electron chi connectivity index (χ1n) is 8.75. The SMILES string of the molecule is CCc1ccc(C2CNCCN2CC(=O)N2CCNC(=O)C2)cc1. The minimum atomic E-state index is -0.0679. The molecule has 2 N–H and O–H groups in total. The summed E-state index contributed by atoms with van der Waals surface area (Å²) < 4.78 is 0. The van der Waals surface area contributed by atoms with Crippen molar-refractivity contribution in [2.24, 2.45) is 0 Å². The zero-order valence-corrected chi connectivity index (χ0v) is 14.3. The molecular weight excluding hydrogens is 304 g/mol. The highest BCUT2D eigenvalue weighted by atomic mass is 16.2. The van der Waals surface area contributed by atoms with Gasteiger partial charge in [0.25, 0.3) is 0 Å². The monoisotopic (exact) mass is 330 g/mol. The van der Waals surface area contributed by atoms with Gasteiger partial charge in [-0.05, 0) is 17.5 Å². The molecule has 0 aliphatic carbocycles. The molecule has 0 spiro atoms. The lowest BCUT2D eigenvalue weighted by Crippen LogP contribution is -2.54. The van der Waals surface area contributed by atoms with E-state index < -0.39 is 0 Å². The summed E-state index contributed by atoms with van der Waals surface area (Å²) >= 11 is 0. The van der Waals surface area contributed by atoms with Crippen molar-refractivity contribution >= 4 is 11.8 Å². The molecule has 6 heteroatoms. The van der Waals surface area contributed by atoms with Crippen molar-refractivity contribution in [1.29, 1.82) is 0 Å². The Balaban J connectivity index is 1.67. The van der Waals surface area contributed by atoms with Crippen LogP contribution in [0.5, 0.6) is 0 Å². The first kappa shape index (κ1) is 16.9. The Morgan fingerprint density at radius 3 is 2.71 bits per heavy atom. The molecule has 0 saturated carbocycles. The Morgan fingerprint density at radius 1 is 1.21 bits per heavy atom. The standard InChI is InChI=1S/C18H26N4O2/c1-2-14-3-5-15(6-4-14)16-11-19-7-9-21(16)13-18(24)22-10-8-20-17(23)12-22/h3-6,16,19H,2,7-13H2,1H3,(H,20,23). The van der Waals surface area contributed by atoms with Crippen LogP contribution in [0.1, 0.15) is 24.1 Å². The fourth-order valence-electron chi connectivity index (χ4n) is 3.36. The lowest BCUT2D eigenvalue weighted by atomic mass is 10.0. The van der Waals surface area contributed by atoms with Crippen LogP contribution in [0.2, 0.25) is 0 Å². The number of hydrogen-bond acceptors (Lipinski definition) is 4. The van der Waals surface area contributed by atoms with Gasteiger partial charge in [-0.1, -0.05) is 31.2 Å². The Hall–Kier alpha value is -1.92. The van der Waals surface area contributed by atoms with Crippen molar-refractivity contribution in [3.8, 4) is 0 Å². The smallest absolute Gasteiger partial charge is 0.239 e. The van der Waals surface area contributed by atoms with Crippen LogP contribution in [0.4, 0.5) is 0 Å². The van der Waals surface area contributed by atoms with Crippen LogP contribution in [-0.2, 0) is 16.0 Å². The summed E-state index contributed by atoms with van der Waals surface area (Å²) in [6, 6.07) is 8.87. The first-order valence-corrected chi connectivity index (χ1v) is 8.75. The number of nitrogens with zero attached hydrogens (tertiary/aromatic N) is 2. The van der Waals surface area contributed by atoms with Crippen molar-refractivity contribution in [3.63, 3.8) is 0 Å². The maximum Gasteiger partial charge on any atom is 0.239 e. The molecule has 130 valence electrons. The highest BCUT2D eigenvalue weighted by molar-refractivity contribution is 5.86. The van der Waals surface area contributed by atoms with E-state index in [1.165, 1.54) is 11.1 Å². The van der Waals surface area contributed by atoms with E-state index in [2.05, 4.69) is 46.7 Å². The van der Waals surface area contributed by atoms with E-state index >= 15 is 0 Å². The van der Waals surface area contributed by atoms with E-state index in [0.717, 1.165) is 26.1 Å². The molecule has 0 bridgehead atoms. The lowest BCUT2D eigenvalue weighted by molar-refractivity contribution is -0.139. The van der Waals surface area contributed by atoms with E-state index in [1.54, 1.807) is 4.90 Å². The summed E-state index contributed by atoms with van der Waals surface area (Å²) in [5, 5.41) is 6.18. The predicted molar refractivity (Wildman–Crippen MR) is 92.6 cm³/mol. The summed E-state index contributed by atoms with van der Waals surface area (Å²) in [7, 11) is 0. The number of hydrogen-bond donors (Lipinski definition) is 2. The number of nitrogens with one attached hydrogen (secondary N) is 2. The molecule has 1 aromatic carbocycles. The third-order valence-corrected chi connectivity index (χ3v) is 4.86. The van der Waals surface area contributed by atoms with Crippen LogP contribution >= 0.6 is 0 Å². The molecule has 2 heterocycles. The lowest BCUT2D eigenvalue weighted by Gasteiger charge is -2.37. The fourth-order valence-corrected chi connectivity index (χ4v) is 3.36. The van der Waals surface area contributed by atoms with Gasteiger partial charge in [0, 0.05) is 38.8 Å². The normalized spacial score (nSPS) is 22.3. The average Bonchev–Trinajstić information content (AvgIpc) is 2.62. The van der Waals surface area contributed by atoms with Crippen molar-refractivity contribution in [3.05, 3.63) is 35.4 Å². The van der Waals surface area contributed by atoms with Crippen molar-refractivity contribution in [1.82, 2.24) is 20.4 Å². The molecule has 1 aromatic rings. The van der Waals surface area contributed by atoms with E-state index in [1.807, 2.05) is 0 Å². The zero-order valence-electron chi connectivity index (χ0n) is 14.3. The fraction of sp³-hybridized carbons (Fsp3) is 0.556. The number of carbonyl (C=O) groups excluding carboxylic acids is 2. The van der Waals surface area contributed by atoms with Gasteiger partial charge in [0.15, 0.2) is 0 Å². The number of rotatable bonds is 4. The second kappa shape index (κ2) is 7.77. The van der Waals surface area contributed by atoms with Crippen LogP contribution in [0.25, 0.3) is 0 Å². The highest BCUT2D eigenvalue weighted by Crippen LogP contribution is 2.22. The molecule has 2 amide bonds. The Kier molecular flexibility index (Phi) is 5.48. The predicted octanol–water partition coefficient (Wildman–Crippen LogP) is 0.154. The molecule has 24 heavy (non-hydrogen) atoms. The third-order valence-electron chi connectivity index (χ3n) is 4.86. The summed E-state index contributed by atoms with van der Waals surface area (Å²) in [5.74, 6) is -0.0245. The van der Waals surface area contributed by atoms with Gasteiger partial charge in [-0.25, -0.2) is 0 Å². The van der Waals surface area contributed by atoms with Crippen LogP contribution in [0, 0.1) is 0 Å². The van der Waals surface area contributed by atoms with E-state index in [4.69, 9.17) is 0 Å². The molecule has 0 aromatic heterocycles. The average molecular weight is 330 g/mol. The van der Waals surface area contributed by atoms with E-state index in [0.29, 0.717) is 19.6 Å². The highest BCUT2D eigenvalue weighted by Gasteiger charge is 2.28. The molecule has 2 aliphatic rings. The quantitative estimate of drug-likeness (QED) is 0.825. The zero-order chi connectivity index (χ0) is 16.9. The second-order valence-corrected chi connectivity index (χ2v) is 6.45. The molecule has 2 aliphatic heterocycles. The van der Waals surface area contributed by atoms with Crippen LogP contribution < -0.4 is 10.6 Å². The molecule has 2 saturated heterocycles. The summed E-state index contributed by atoms with van der Waals surface area (Å²) in [4.78, 5) is 28.0. The molecular formula is C18H26N4O2. The van der Waals surface area contributed by atoms with Crippen LogP contribution in [-0.4, -0.2) is 67.4 Å². The largest absolute Gasteiger partial charge is 0.353 e. The molecule has 2 fully saturated rings. The Morgan fingerprint density at radius 2 is 2.00 bits per heavy atom. The number of carbonyl (C=O) groups is 2. The first-order chi connectivity index (χ1) is 11.7. The molecule has 3 rings (SSSR count). The summed E-state index contributed by atoms with van der Waals surface area (Å²) in [5.41, 5.74) is 2.56. The Bertz CT molecular complexity index is 587. The molecule has 6 nitrogen and oxygen atoms in total. The number of piperazine rings is 2. The summed E-state index contributed by atoms with van der Waals surface area (Å²) in [6.45, 7) is 6.43. The number of benzene rings is 1. The van der Waals surface area contributed by atoms with E-state index in [-0.39, 0.29) is 24.4 Å². The maximum atomic E-state index is 12.6. The van der Waals surface area contributed by atoms with Crippen LogP contribution in [0.3, 0.4) is 0 Å². The van der Waals surface area contributed by atoms with Gasteiger partial charge in [-0.3, -0.25) is 14.5 Å². The van der Waals surface area contributed by atoms with Crippen molar-refractivity contribution in [2.75, 3.05) is 45.8 Å². The van der Waals surface area contributed by atoms with Gasteiger partial charge in [-0.15, -0.1) is 0 Å². The third kappa shape index (κ3) is 3.94. The second-order valence-electron chi connectivity index (χ2n) is 6.45. The van der Waals surface area contributed by atoms with Gasteiger partial charge in [0.2, 0.25) is 11.8 Å². The molecule has 1 unspecified atom stereocenters. The topological polar surface area (TPSA) is 64.7 Å². The van der Waals surface area contributed by atoms with Crippen molar-refractivity contribution in [2.45, 2.75) is 19.4 Å². The minimum Gasteiger partial charge on any atom is -0.353 e. The maximum absolute atomic E-state index is 12.6. The van der Waals surface area contributed by atoms with Crippen LogP contribution in [0.15, 0.2) is 24.3 Å². The molecule has 1 atom stereocenters. The Labute approximate surface area is 143 Å². The van der Waals surface area contributed by atoms with Gasteiger partial charge >= 0.3 is 0 Å². The van der Waals surface area contributed by atoms with Gasteiger partial charge in [0.05, 0.1) is 13.1 Å². The number of amides is 2. The molecule has 0 radical (unpaired) electrons. The van der Waals surface area contributed by atoms with E-state index in [9.17, 15) is 9.59 Å². The number of aryl methyl sites for hydroxylation is 1.